The van der Waals surface area contributed by atoms with Gasteiger partial charge in [-0.3, -0.25) is 0 Å². The molecular weight excluding hydrogens is 394 g/mol. The summed E-state index contributed by atoms with van der Waals surface area (Å²) in [4.78, 5) is 11.9. The van der Waals surface area contributed by atoms with E-state index < -0.39 is 0 Å². The average Bonchev–Trinajstić information content (AvgIpc) is 2.74. The van der Waals surface area contributed by atoms with E-state index in [-0.39, 0.29) is 0 Å². The van der Waals surface area contributed by atoms with Crippen LogP contribution in [0, 0.1) is 0 Å². The fourth-order valence-corrected chi connectivity index (χ4v) is 3.99. The maximum Gasteiger partial charge on any atom is 0.0731 e. The first kappa shape index (κ1) is 20.9. The van der Waals surface area contributed by atoms with Gasteiger partial charge in [-0.05, 0) is 57.5 Å². The van der Waals surface area contributed by atoms with Gasteiger partial charge in [-0.1, -0.05) is 23.7 Å². The number of aromatic nitrogens is 1. The summed E-state index contributed by atoms with van der Waals surface area (Å²) in [7, 11) is 6.34. The Balaban J connectivity index is 1.62. The molecule has 1 aliphatic rings. The highest BCUT2D eigenvalue weighted by Crippen LogP contribution is 2.31. The van der Waals surface area contributed by atoms with E-state index in [1.807, 2.05) is 18.2 Å². The number of likely N-dealkylation sites (N-methyl/N-ethyl adjacent to an activating group) is 2. The molecule has 158 valence electrons. The number of nitrogens with one attached hydrogen (secondary N) is 1. The summed E-state index contributed by atoms with van der Waals surface area (Å²) in [5, 5.41) is 5.35. The second-order valence-corrected chi connectivity index (χ2v) is 8.72. The van der Waals surface area contributed by atoms with E-state index >= 15 is 0 Å². The normalized spacial score (nSPS) is 15.2. The molecule has 1 fully saturated rings. The zero-order valence-corrected chi connectivity index (χ0v) is 18.8. The molecule has 0 saturated carbocycles. The van der Waals surface area contributed by atoms with Gasteiger partial charge in [0.25, 0.3) is 0 Å². The number of benzene rings is 2. The Morgan fingerprint density at radius 2 is 1.73 bits per heavy atom. The number of piperazine rings is 1. The van der Waals surface area contributed by atoms with E-state index in [4.69, 9.17) is 16.6 Å². The number of pyridine rings is 1. The van der Waals surface area contributed by atoms with Crippen LogP contribution in [0.25, 0.3) is 22.2 Å². The summed E-state index contributed by atoms with van der Waals surface area (Å²) in [6.07, 6.45) is 0. The van der Waals surface area contributed by atoms with E-state index in [9.17, 15) is 0 Å². The Morgan fingerprint density at radius 1 is 1.00 bits per heavy atom. The number of nitrogens with zero attached hydrogens (tertiary/aromatic N) is 4. The van der Waals surface area contributed by atoms with Crippen molar-refractivity contribution in [1.82, 2.24) is 14.8 Å². The molecule has 6 heteroatoms. The van der Waals surface area contributed by atoms with Crippen molar-refractivity contribution < 1.29 is 0 Å². The van der Waals surface area contributed by atoms with Gasteiger partial charge in [-0.15, -0.1) is 0 Å². The van der Waals surface area contributed by atoms with Gasteiger partial charge in [0.15, 0.2) is 0 Å². The Morgan fingerprint density at radius 3 is 2.43 bits per heavy atom. The van der Waals surface area contributed by atoms with Gasteiger partial charge in [-0.25, -0.2) is 4.98 Å². The molecule has 1 saturated heterocycles. The lowest BCUT2D eigenvalue weighted by atomic mass is 10.1. The van der Waals surface area contributed by atoms with Crippen LogP contribution in [0.1, 0.15) is 0 Å². The molecule has 4 rings (SSSR count). The standard InChI is InChI=1S/C24H30ClN5/c1-28(2)11-10-26-24-17-23(27-22-9-6-19(25)16-21(22)24)18-4-7-20(8-5-18)30-14-12-29(3)13-15-30/h4-9,16-17H,10-15H2,1-3H3,(H,26,27). The van der Waals surface area contributed by atoms with E-state index in [1.165, 1.54) is 5.69 Å². The summed E-state index contributed by atoms with van der Waals surface area (Å²) < 4.78 is 0. The number of rotatable bonds is 6. The van der Waals surface area contributed by atoms with Crippen molar-refractivity contribution in [2.45, 2.75) is 0 Å². The van der Waals surface area contributed by atoms with Crippen LogP contribution in [0.2, 0.25) is 5.02 Å². The second-order valence-electron chi connectivity index (χ2n) is 8.28. The first-order valence-electron chi connectivity index (χ1n) is 10.5. The largest absolute Gasteiger partial charge is 0.383 e. The fourth-order valence-electron chi connectivity index (χ4n) is 3.81. The molecule has 0 spiro atoms. The van der Waals surface area contributed by atoms with Gasteiger partial charge in [0.2, 0.25) is 0 Å². The maximum absolute atomic E-state index is 6.26. The molecular formula is C24H30ClN5. The van der Waals surface area contributed by atoms with Gasteiger partial charge in [-0.2, -0.15) is 0 Å². The molecule has 0 aliphatic carbocycles. The quantitative estimate of drug-likeness (QED) is 0.640. The minimum absolute atomic E-state index is 0.726. The molecule has 1 aromatic heterocycles. The predicted molar refractivity (Wildman–Crippen MR) is 129 cm³/mol. The molecule has 2 aromatic carbocycles. The lowest BCUT2D eigenvalue weighted by Crippen LogP contribution is -2.44. The van der Waals surface area contributed by atoms with E-state index in [1.54, 1.807) is 0 Å². The molecule has 1 aliphatic heterocycles. The molecule has 0 amide bonds. The van der Waals surface area contributed by atoms with Crippen molar-refractivity contribution in [3.63, 3.8) is 0 Å². The monoisotopic (exact) mass is 423 g/mol. The van der Waals surface area contributed by atoms with Crippen molar-refractivity contribution in [3.05, 3.63) is 53.6 Å². The SMILES string of the molecule is CN(C)CCNc1cc(-c2ccc(N3CCN(C)CC3)cc2)nc2ccc(Cl)cc12. The molecule has 0 atom stereocenters. The molecule has 5 nitrogen and oxygen atoms in total. The first-order valence-corrected chi connectivity index (χ1v) is 10.9. The van der Waals surface area contributed by atoms with E-state index in [2.05, 4.69) is 71.5 Å². The summed E-state index contributed by atoms with van der Waals surface area (Å²) in [6, 6.07) is 16.8. The van der Waals surface area contributed by atoms with Crippen molar-refractivity contribution in [1.29, 1.82) is 0 Å². The van der Waals surface area contributed by atoms with E-state index in [0.717, 1.165) is 72.1 Å². The topological polar surface area (TPSA) is 34.6 Å². The number of hydrogen-bond donors (Lipinski definition) is 1. The van der Waals surface area contributed by atoms with Gasteiger partial charge < -0.3 is 20.0 Å². The lowest BCUT2D eigenvalue weighted by Gasteiger charge is -2.34. The minimum Gasteiger partial charge on any atom is -0.383 e. The zero-order chi connectivity index (χ0) is 21.1. The highest BCUT2D eigenvalue weighted by Gasteiger charge is 2.15. The number of fused-ring (bicyclic) bond motifs is 1. The van der Waals surface area contributed by atoms with Crippen molar-refractivity contribution in [2.24, 2.45) is 0 Å². The van der Waals surface area contributed by atoms with Crippen LogP contribution in [0.4, 0.5) is 11.4 Å². The summed E-state index contributed by atoms with van der Waals surface area (Å²) in [6.45, 7) is 6.19. The first-order chi connectivity index (χ1) is 14.5. The third kappa shape index (κ3) is 4.86. The van der Waals surface area contributed by atoms with Crippen molar-refractivity contribution >= 4 is 33.9 Å². The van der Waals surface area contributed by atoms with Crippen LogP contribution in [0.5, 0.6) is 0 Å². The minimum atomic E-state index is 0.726. The predicted octanol–water partition coefficient (Wildman–Crippen LogP) is 4.28. The van der Waals surface area contributed by atoms with Crippen LogP contribution in [-0.2, 0) is 0 Å². The van der Waals surface area contributed by atoms with Crippen LogP contribution in [0.15, 0.2) is 48.5 Å². The second kappa shape index (κ2) is 9.21. The molecule has 2 heterocycles. The number of halogens is 1. The summed E-state index contributed by atoms with van der Waals surface area (Å²) in [5.41, 5.74) is 5.40. The maximum atomic E-state index is 6.26. The summed E-state index contributed by atoms with van der Waals surface area (Å²) >= 11 is 6.26. The fraction of sp³-hybridized carbons (Fsp3) is 0.375. The van der Waals surface area contributed by atoms with E-state index in [0.29, 0.717) is 0 Å². The smallest absolute Gasteiger partial charge is 0.0731 e. The number of anilines is 2. The zero-order valence-electron chi connectivity index (χ0n) is 18.0. The molecule has 3 aromatic rings. The van der Waals surface area contributed by atoms with Gasteiger partial charge in [0.05, 0.1) is 11.2 Å². The Bertz CT molecular complexity index is 994. The van der Waals surface area contributed by atoms with Crippen LogP contribution >= 0.6 is 11.6 Å². The average molecular weight is 424 g/mol. The van der Waals surface area contributed by atoms with Crippen LogP contribution in [-0.4, -0.2) is 75.2 Å². The highest BCUT2D eigenvalue weighted by molar-refractivity contribution is 6.31. The van der Waals surface area contributed by atoms with Gasteiger partial charge in [0, 0.05) is 66.6 Å². The van der Waals surface area contributed by atoms with Gasteiger partial charge in [0.1, 0.15) is 0 Å². The molecule has 0 unspecified atom stereocenters. The number of hydrogen-bond acceptors (Lipinski definition) is 5. The molecule has 30 heavy (non-hydrogen) atoms. The lowest BCUT2D eigenvalue weighted by molar-refractivity contribution is 0.313. The third-order valence-electron chi connectivity index (χ3n) is 5.68. The molecule has 0 bridgehead atoms. The van der Waals surface area contributed by atoms with Crippen molar-refractivity contribution in [3.8, 4) is 11.3 Å². The molecule has 1 N–H and O–H groups in total. The van der Waals surface area contributed by atoms with Crippen molar-refractivity contribution in [2.75, 3.05) is 70.6 Å². The third-order valence-corrected chi connectivity index (χ3v) is 5.91. The summed E-state index contributed by atoms with van der Waals surface area (Å²) in [5.74, 6) is 0. The Hall–Kier alpha value is -2.34. The highest BCUT2D eigenvalue weighted by atomic mass is 35.5. The van der Waals surface area contributed by atoms with Crippen LogP contribution < -0.4 is 10.2 Å². The molecule has 0 radical (unpaired) electrons. The van der Waals surface area contributed by atoms with Gasteiger partial charge >= 0.3 is 0 Å². The van der Waals surface area contributed by atoms with Crippen LogP contribution in [0.3, 0.4) is 0 Å². The Kier molecular flexibility index (Phi) is 6.42. The Labute approximate surface area is 184 Å².